The fourth-order valence-electron chi connectivity index (χ4n) is 1.74. The summed E-state index contributed by atoms with van der Waals surface area (Å²) in [7, 11) is 0. The Balaban J connectivity index is 2.70. The van der Waals surface area contributed by atoms with Crippen LogP contribution in [0, 0.1) is 12.7 Å². The smallest absolute Gasteiger partial charge is 0.298 e. The molecule has 1 heterocycles. The number of nitrogens with zero attached hydrogens (tertiary/aromatic N) is 2. The second kappa shape index (κ2) is 4.90. The molecule has 0 radical (unpaired) electrons. The zero-order valence-corrected chi connectivity index (χ0v) is 10.8. The van der Waals surface area contributed by atoms with E-state index in [1.54, 1.807) is 0 Å². The molecule has 0 bridgehead atoms. The third-order valence-corrected chi connectivity index (χ3v) is 3.00. The Kier molecular flexibility index (Phi) is 3.56. The minimum atomic E-state index is -4.81. The number of aldehydes is 1. The zero-order chi connectivity index (χ0) is 15.1. The van der Waals surface area contributed by atoms with Crippen LogP contribution in [0.25, 0.3) is 5.69 Å². The van der Waals surface area contributed by atoms with Gasteiger partial charge in [-0.1, -0.05) is 11.6 Å². The van der Waals surface area contributed by atoms with Crippen LogP contribution in [0.15, 0.2) is 18.2 Å². The first-order chi connectivity index (χ1) is 9.25. The lowest BCUT2D eigenvalue weighted by Gasteiger charge is -2.07. The van der Waals surface area contributed by atoms with E-state index in [9.17, 15) is 22.4 Å². The second-order valence-corrected chi connectivity index (χ2v) is 4.37. The molecule has 0 aliphatic rings. The Bertz CT molecular complexity index is 679. The lowest BCUT2D eigenvalue weighted by molar-refractivity contribution is -0.141. The van der Waals surface area contributed by atoms with Crippen molar-refractivity contribution in [2.75, 3.05) is 0 Å². The molecular weight excluding hydrogens is 300 g/mol. The molecule has 0 unspecified atom stereocenters. The van der Waals surface area contributed by atoms with Crippen molar-refractivity contribution in [1.29, 1.82) is 0 Å². The summed E-state index contributed by atoms with van der Waals surface area (Å²) < 4.78 is 52.0. The first-order valence-corrected chi connectivity index (χ1v) is 5.71. The van der Waals surface area contributed by atoms with Crippen molar-refractivity contribution in [3.05, 3.63) is 46.0 Å². The van der Waals surface area contributed by atoms with Gasteiger partial charge < -0.3 is 0 Å². The SMILES string of the molecule is Cc1cc(F)ccc1-n1nc(C(F)(F)F)c(C=O)c1Cl. The molecule has 1 aromatic carbocycles. The van der Waals surface area contributed by atoms with Crippen LogP contribution in [0.1, 0.15) is 21.6 Å². The Morgan fingerprint density at radius 2 is 2.00 bits per heavy atom. The van der Waals surface area contributed by atoms with E-state index in [0.29, 0.717) is 5.56 Å². The minimum Gasteiger partial charge on any atom is -0.298 e. The van der Waals surface area contributed by atoms with Crippen LogP contribution in [0.2, 0.25) is 5.15 Å². The fraction of sp³-hybridized carbons (Fsp3) is 0.167. The molecule has 2 rings (SSSR count). The van der Waals surface area contributed by atoms with Crippen LogP contribution >= 0.6 is 11.6 Å². The summed E-state index contributed by atoms with van der Waals surface area (Å²) in [5, 5.41) is 2.85. The van der Waals surface area contributed by atoms with Crippen molar-refractivity contribution in [1.82, 2.24) is 9.78 Å². The number of carbonyl (C=O) groups is 1. The van der Waals surface area contributed by atoms with Gasteiger partial charge in [0, 0.05) is 0 Å². The molecule has 2 aromatic rings. The van der Waals surface area contributed by atoms with E-state index >= 15 is 0 Å². The van der Waals surface area contributed by atoms with Crippen LogP contribution in [-0.2, 0) is 6.18 Å². The van der Waals surface area contributed by atoms with Gasteiger partial charge in [-0.15, -0.1) is 0 Å². The average Bonchev–Trinajstić information content (AvgIpc) is 2.66. The normalized spacial score (nSPS) is 11.7. The van der Waals surface area contributed by atoms with Gasteiger partial charge in [0.25, 0.3) is 0 Å². The highest BCUT2D eigenvalue weighted by Gasteiger charge is 2.39. The van der Waals surface area contributed by atoms with Crippen LogP contribution in [0.5, 0.6) is 0 Å². The maximum absolute atomic E-state index is 13.0. The van der Waals surface area contributed by atoms with Gasteiger partial charge in [0.05, 0.1) is 11.3 Å². The van der Waals surface area contributed by atoms with Gasteiger partial charge in [-0.2, -0.15) is 18.3 Å². The van der Waals surface area contributed by atoms with Gasteiger partial charge in [0.2, 0.25) is 0 Å². The average molecular weight is 307 g/mol. The summed E-state index contributed by atoms with van der Waals surface area (Å²) in [6.07, 6.45) is -4.81. The van der Waals surface area contributed by atoms with Crippen molar-refractivity contribution in [2.45, 2.75) is 13.1 Å². The van der Waals surface area contributed by atoms with Crippen LogP contribution in [0.3, 0.4) is 0 Å². The topological polar surface area (TPSA) is 34.9 Å². The van der Waals surface area contributed by atoms with Crippen LogP contribution < -0.4 is 0 Å². The number of benzene rings is 1. The molecule has 0 amide bonds. The molecule has 3 nitrogen and oxygen atoms in total. The Morgan fingerprint density at radius 3 is 2.45 bits per heavy atom. The van der Waals surface area contributed by atoms with Crippen molar-refractivity contribution in [3.8, 4) is 5.69 Å². The van der Waals surface area contributed by atoms with Gasteiger partial charge in [-0.25, -0.2) is 9.07 Å². The van der Waals surface area contributed by atoms with E-state index in [0.717, 1.165) is 16.8 Å². The van der Waals surface area contributed by atoms with Gasteiger partial charge in [-0.3, -0.25) is 4.79 Å². The predicted molar refractivity (Wildman–Crippen MR) is 63.7 cm³/mol. The molecule has 0 fully saturated rings. The number of hydrogen-bond donors (Lipinski definition) is 0. The number of carbonyl (C=O) groups excluding carboxylic acids is 1. The molecule has 0 atom stereocenters. The van der Waals surface area contributed by atoms with Crippen molar-refractivity contribution in [2.24, 2.45) is 0 Å². The van der Waals surface area contributed by atoms with Crippen LogP contribution in [0.4, 0.5) is 17.6 Å². The highest BCUT2D eigenvalue weighted by molar-refractivity contribution is 6.32. The van der Waals surface area contributed by atoms with E-state index in [1.165, 1.54) is 13.0 Å². The number of halogens is 5. The number of alkyl halides is 3. The van der Waals surface area contributed by atoms with Crippen molar-refractivity contribution >= 4 is 17.9 Å². The van der Waals surface area contributed by atoms with E-state index in [4.69, 9.17) is 11.6 Å². The first-order valence-electron chi connectivity index (χ1n) is 5.33. The van der Waals surface area contributed by atoms with Gasteiger partial charge in [0.1, 0.15) is 11.0 Å². The maximum atomic E-state index is 13.0. The summed E-state index contributed by atoms with van der Waals surface area (Å²) in [4.78, 5) is 10.8. The molecule has 0 aliphatic heterocycles. The maximum Gasteiger partial charge on any atom is 0.435 e. The summed E-state index contributed by atoms with van der Waals surface area (Å²) in [5.41, 5.74) is -1.63. The minimum absolute atomic E-state index is 0.00644. The number of hydrogen-bond acceptors (Lipinski definition) is 2. The Labute approximate surface area is 115 Å². The molecule has 1 aromatic heterocycles. The molecule has 20 heavy (non-hydrogen) atoms. The van der Waals surface area contributed by atoms with Gasteiger partial charge in [-0.05, 0) is 30.7 Å². The summed E-state index contributed by atoms with van der Waals surface area (Å²) in [5.74, 6) is -0.541. The monoisotopic (exact) mass is 306 g/mol. The second-order valence-electron chi connectivity index (χ2n) is 4.01. The lowest BCUT2D eigenvalue weighted by atomic mass is 10.2. The third-order valence-electron chi connectivity index (χ3n) is 2.64. The fourth-order valence-corrected chi connectivity index (χ4v) is 2.00. The van der Waals surface area contributed by atoms with E-state index in [1.807, 2.05) is 0 Å². The molecule has 0 aliphatic carbocycles. The summed E-state index contributed by atoms with van der Waals surface area (Å²) in [6, 6.07) is 3.42. The van der Waals surface area contributed by atoms with Crippen molar-refractivity contribution < 1.29 is 22.4 Å². The lowest BCUT2D eigenvalue weighted by Crippen LogP contribution is -2.09. The highest BCUT2D eigenvalue weighted by atomic mass is 35.5. The molecule has 106 valence electrons. The van der Waals surface area contributed by atoms with Crippen LogP contribution in [-0.4, -0.2) is 16.1 Å². The first kappa shape index (κ1) is 14.5. The number of aromatic nitrogens is 2. The van der Waals surface area contributed by atoms with Gasteiger partial charge in [0.15, 0.2) is 12.0 Å². The van der Waals surface area contributed by atoms with E-state index in [-0.39, 0.29) is 12.0 Å². The standard InChI is InChI=1S/C12H7ClF4N2O/c1-6-4-7(14)2-3-9(6)19-11(13)8(5-20)10(18-19)12(15,16)17/h2-5H,1H3. The van der Waals surface area contributed by atoms with E-state index in [2.05, 4.69) is 5.10 Å². The third kappa shape index (κ3) is 2.40. The molecule has 8 heteroatoms. The summed E-state index contributed by atoms with van der Waals surface area (Å²) >= 11 is 5.76. The largest absolute Gasteiger partial charge is 0.435 e. The Hall–Kier alpha value is -1.89. The van der Waals surface area contributed by atoms with Crippen molar-refractivity contribution in [3.63, 3.8) is 0 Å². The predicted octanol–water partition coefficient (Wildman–Crippen LogP) is 3.80. The molecule has 0 N–H and O–H groups in total. The number of aryl methyl sites for hydroxylation is 1. The molecule has 0 spiro atoms. The molecule has 0 saturated carbocycles. The molecular formula is C12H7ClF4N2O. The quantitative estimate of drug-likeness (QED) is 0.625. The zero-order valence-electron chi connectivity index (χ0n) is 10.0. The number of rotatable bonds is 2. The van der Waals surface area contributed by atoms with Gasteiger partial charge >= 0.3 is 6.18 Å². The Morgan fingerprint density at radius 1 is 1.35 bits per heavy atom. The highest BCUT2D eigenvalue weighted by Crippen LogP contribution is 2.35. The van der Waals surface area contributed by atoms with E-state index < -0.39 is 28.4 Å². The summed E-state index contributed by atoms with van der Waals surface area (Å²) in [6.45, 7) is 1.49. The molecule has 0 saturated heterocycles.